The van der Waals surface area contributed by atoms with Crippen molar-refractivity contribution in [2.24, 2.45) is 11.0 Å². The summed E-state index contributed by atoms with van der Waals surface area (Å²) in [7, 11) is 0. The minimum absolute atomic E-state index is 0.000260. The Morgan fingerprint density at radius 2 is 1.62 bits per heavy atom. The summed E-state index contributed by atoms with van der Waals surface area (Å²) in [5.74, 6) is -0.456. The van der Waals surface area contributed by atoms with E-state index in [9.17, 15) is 4.79 Å². The fourth-order valence-corrected chi connectivity index (χ4v) is 2.81. The van der Waals surface area contributed by atoms with Crippen molar-refractivity contribution in [2.45, 2.75) is 6.92 Å². The molecule has 0 bridgehead atoms. The molecule has 1 aliphatic heterocycles. The maximum absolute atomic E-state index is 12.6. The van der Waals surface area contributed by atoms with Crippen LogP contribution in [0.25, 0.3) is 0 Å². The van der Waals surface area contributed by atoms with E-state index in [1.165, 1.54) is 0 Å². The van der Waals surface area contributed by atoms with Crippen LogP contribution < -0.4 is 5.01 Å². The topological polar surface area (TPSA) is 32.7 Å². The molecule has 1 aliphatic rings. The fraction of sp³-hybridized carbons (Fsp3) is 0.118. The highest BCUT2D eigenvalue weighted by atomic mass is 32.1. The van der Waals surface area contributed by atoms with Gasteiger partial charge in [-0.15, -0.1) is 0 Å². The van der Waals surface area contributed by atoms with Crippen molar-refractivity contribution in [3.05, 3.63) is 66.2 Å². The van der Waals surface area contributed by atoms with E-state index in [1.807, 2.05) is 67.6 Å². The highest BCUT2D eigenvalue weighted by Gasteiger charge is 2.36. The van der Waals surface area contributed by atoms with Gasteiger partial charge in [0.1, 0.15) is 10.9 Å². The third-order valence-electron chi connectivity index (χ3n) is 3.45. The second kappa shape index (κ2) is 5.58. The molecule has 1 unspecified atom stereocenters. The molecule has 0 aliphatic carbocycles. The average molecular weight is 294 g/mol. The molecule has 0 N–H and O–H groups in total. The number of para-hydroxylation sites is 1. The quantitative estimate of drug-likeness (QED) is 0.639. The van der Waals surface area contributed by atoms with E-state index in [-0.39, 0.29) is 5.78 Å². The van der Waals surface area contributed by atoms with Gasteiger partial charge >= 0.3 is 0 Å². The van der Waals surface area contributed by atoms with Crippen LogP contribution in [0.2, 0.25) is 0 Å². The summed E-state index contributed by atoms with van der Waals surface area (Å²) < 4.78 is 0. The lowest BCUT2D eigenvalue weighted by atomic mass is 9.94. The molecule has 3 rings (SSSR count). The minimum atomic E-state index is -0.456. The van der Waals surface area contributed by atoms with Gasteiger partial charge in [0.2, 0.25) is 0 Å². The largest absolute Gasteiger partial charge is 0.293 e. The number of Topliss-reactive ketones (excluding diaryl/α,β-unsaturated/α-hetero) is 1. The van der Waals surface area contributed by atoms with E-state index in [2.05, 4.69) is 5.10 Å². The number of carbonyl (C=O) groups excluding carboxylic acids is 1. The summed E-state index contributed by atoms with van der Waals surface area (Å²) in [5, 5.41) is 6.13. The van der Waals surface area contributed by atoms with Crippen molar-refractivity contribution in [3.8, 4) is 0 Å². The van der Waals surface area contributed by atoms with E-state index in [4.69, 9.17) is 12.2 Å². The van der Waals surface area contributed by atoms with E-state index < -0.39 is 5.92 Å². The van der Waals surface area contributed by atoms with Crippen molar-refractivity contribution < 1.29 is 4.79 Å². The number of nitrogens with zero attached hydrogens (tertiary/aromatic N) is 2. The molecule has 104 valence electrons. The molecule has 0 saturated heterocycles. The van der Waals surface area contributed by atoms with Crippen LogP contribution >= 0.6 is 12.2 Å². The van der Waals surface area contributed by atoms with Crippen LogP contribution in [0.4, 0.5) is 5.69 Å². The molecule has 2 aromatic carbocycles. The number of ketones is 1. The van der Waals surface area contributed by atoms with Gasteiger partial charge in [-0.2, -0.15) is 5.10 Å². The molecule has 0 radical (unpaired) electrons. The molecular weight excluding hydrogens is 280 g/mol. The third kappa shape index (κ3) is 2.50. The maximum Gasteiger partial charge on any atom is 0.178 e. The van der Waals surface area contributed by atoms with Gasteiger partial charge in [-0.05, 0) is 19.1 Å². The Labute approximate surface area is 128 Å². The summed E-state index contributed by atoms with van der Waals surface area (Å²) in [5.41, 5.74) is 2.28. The smallest absolute Gasteiger partial charge is 0.178 e. The van der Waals surface area contributed by atoms with Crippen molar-refractivity contribution in [1.29, 1.82) is 0 Å². The van der Waals surface area contributed by atoms with Gasteiger partial charge < -0.3 is 0 Å². The Kier molecular flexibility index (Phi) is 3.62. The van der Waals surface area contributed by atoms with Crippen LogP contribution in [-0.2, 0) is 0 Å². The molecular formula is C17H14N2OS. The highest BCUT2D eigenvalue weighted by molar-refractivity contribution is 7.80. The first-order valence-electron chi connectivity index (χ1n) is 6.72. The van der Waals surface area contributed by atoms with Gasteiger partial charge in [0, 0.05) is 5.56 Å². The number of carbonyl (C=O) groups is 1. The van der Waals surface area contributed by atoms with Crippen LogP contribution in [0.3, 0.4) is 0 Å². The first-order chi connectivity index (χ1) is 10.2. The Bertz CT molecular complexity index is 710. The standard InChI is InChI=1S/C17H14N2OS/c1-12-15(16(20)13-8-4-2-5-9-13)17(21)19(18-12)14-10-6-3-7-11-14/h2-11,15H,1H3. The van der Waals surface area contributed by atoms with E-state index in [0.29, 0.717) is 10.6 Å². The van der Waals surface area contributed by atoms with Gasteiger partial charge in [0.15, 0.2) is 5.78 Å². The van der Waals surface area contributed by atoms with Gasteiger partial charge in [0.05, 0.1) is 11.4 Å². The van der Waals surface area contributed by atoms with Crippen LogP contribution in [0.5, 0.6) is 0 Å². The summed E-state index contributed by atoms with van der Waals surface area (Å²) in [6.07, 6.45) is 0. The summed E-state index contributed by atoms with van der Waals surface area (Å²) in [6.45, 7) is 1.85. The van der Waals surface area contributed by atoms with Crippen LogP contribution in [0, 0.1) is 5.92 Å². The van der Waals surface area contributed by atoms with Crippen molar-refractivity contribution >= 4 is 34.4 Å². The lowest BCUT2D eigenvalue weighted by molar-refractivity contribution is 0.0980. The van der Waals surface area contributed by atoms with E-state index in [0.717, 1.165) is 11.4 Å². The molecule has 0 fully saturated rings. The molecule has 0 amide bonds. The molecule has 2 aromatic rings. The van der Waals surface area contributed by atoms with Gasteiger partial charge in [-0.1, -0.05) is 60.7 Å². The third-order valence-corrected chi connectivity index (χ3v) is 3.86. The molecule has 4 heteroatoms. The van der Waals surface area contributed by atoms with Crippen molar-refractivity contribution in [2.75, 3.05) is 5.01 Å². The highest BCUT2D eigenvalue weighted by Crippen LogP contribution is 2.27. The Morgan fingerprint density at radius 3 is 2.24 bits per heavy atom. The molecule has 0 aromatic heterocycles. The monoisotopic (exact) mass is 294 g/mol. The zero-order chi connectivity index (χ0) is 14.8. The second-order valence-electron chi connectivity index (χ2n) is 4.89. The lowest BCUT2D eigenvalue weighted by Gasteiger charge is -2.16. The minimum Gasteiger partial charge on any atom is -0.293 e. The number of anilines is 1. The number of thiocarbonyl (C=S) groups is 1. The molecule has 1 atom stereocenters. The maximum atomic E-state index is 12.6. The predicted octanol–water partition coefficient (Wildman–Crippen LogP) is 3.71. The SMILES string of the molecule is CC1=NN(c2ccccc2)C(=S)C1C(=O)c1ccccc1. The second-order valence-corrected chi connectivity index (χ2v) is 5.31. The van der Waals surface area contributed by atoms with Gasteiger partial charge in [0.25, 0.3) is 0 Å². The van der Waals surface area contributed by atoms with Crippen LogP contribution in [0.15, 0.2) is 65.8 Å². The molecule has 3 nitrogen and oxygen atoms in total. The van der Waals surface area contributed by atoms with Crippen molar-refractivity contribution in [3.63, 3.8) is 0 Å². The zero-order valence-corrected chi connectivity index (χ0v) is 12.4. The van der Waals surface area contributed by atoms with Crippen LogP contribution in [-0.4, -0.2) is 16.5 Å². The lowest BCUT2D eigenvalue weighted by Crippen LogP contribution is -2.31. The number of rotatable bonds is 3. The summed E-state index contributed by atoms with van der Waals surface area (Å²) in [6, 6.07) is 18.9. The first-order valence-corrected chi connectivity index (χ1v) is 7.12. The average Bonchev–Trinajstić information content (AvgIpc) is 2.83. The zero-order valence-electron chi connectivity index (χ0n) is 11.6. The molecule has 21 heavy (non-hydrogen) atoms. The number of hydrazone groups is 1. The normalized spacial score (nSPS) is 17.8. The summed E-state index contributed by atoms with van der Waals surface area (Å²) in [4.78, 5) is 13.2. The predicted molar refractivity (Wildman–Crippen MR) is 88.9 cm³/mol. The number of hydrogen-bond donors (Lipinski definition) is 0. The fourth-order valence-electron chi connectivity index (χ4n) is 2.39. The van der Waals surface area contributed by atoms with Gasteiger partial charge in [-0.3, -0.25) is 4.79 Å². The van der Waals surface area contributed by atoms with Gasteiger partial charge in [-0.25, -0.2) is 5.01 Å². The summed E-state index contributed by atoms with van der Waals surface area (Å²) >= 11 is 5.49. The Balaban J connectivity index is 1.91. The van der Waals surface area contributed by atoms with Crippen LogP contribution in [0.1, 0.15) is 17.3 Å². The van der Waals surface area contributed by atoms with E-state index in [1.54, 1.807) is 5.01 Å². The first kappa shape index (κ1) is 13.6. The molecule has 0 saturated carbocycles. The van der Waals surface area contributed by atoms with E-state index >= 15 is 0 Å². The number of benzene rings is 2. The number of hydrogen-bond acceptors (Lipinski definition) is 3. The molecule has 0 spiro atoms. The van der Waals surface area contributed by atoms with Crippen molar-refractivity contribution in [1.82, 2.24) is 0 Å². The Morgan fingerprint density at radius 1 is 1.05 bits per heavy atom. The molecule has 1 heterocycles. The Hall–Kier alpha value is -2.33.